The number of aromatic nitrogens is 4. The van der Waals surface area contributed by atoms with E-state index in [0.717, 1.165) is 29.5 Å². The second kappa shape index (κ2) is 11.7. The minimum Gasteiger partial charge on any atom is -0.496 e. The molecule has 0 saturated heterocycles. The number of aromatic amines is 1. The molecular formula is C23H29N5O3. The van der Waals surface area contributed by atoms with Gasteiger partial charge in [0.05, 0.1) is 7.11 Å². The molecule has 0 atom stereocenters. The lowest BCUT2D eigenvalue weighted by Gasteiger charge is -2.12. The summed E-state index contributed by atoms with van der Waals surface area (Å²) in [5, 5.41) is 9.52. The van der Waals surface area contributed by atoms with Crippen molar-refractivity contribution >= 4 is 6.09 Å². The first-order valence-corrected chi connectivity index (χ1v) is 10.7. The van der Waals surface area contributed by atoms with E-state index < -0.39 is 6.09 Å². The van der Waals surface area contributed by atoms with Crippen LogP contribution in [0.1, 0.15) is 45.4 Å². The Kier molecular flexibility index (Phi) is 8.39. The number of rotatable bonds is 11. The van der Waals surface area contributed by atoms with Gasteiger partial charge in [0.2, 0.25) is 0 Å². The maximum atomic E-state index is 12.2. The number of carbonyl (C=O) groups excluding carboxylic acids is 1. The van der Waals surface area contributed by atoms with Gasteiger partial charge in [-0.1, -0.05) is 39.0 Å². The summed E-state index contributed by atoms with van der Waals surface area (Å²) in [7, 11) is 1.60. The van der Waals surface area contributed by atoms with Gasteiger partial charge >= 0.3 is 6.09 Å². The quantitative estimate of drug-likeness (QED) is 0.421. The Balaban J connectivity index is 1.63. The van der Waals surface area contributed by atoms with E-state index >= 15 is 0 Å². The third-order valence-electron chi connectivity index (χ3n) is 4.92. The van der Waals surface area contributed by atoms with Crippen LogP contribution >= 0.6 is 0 Å². The molecule has 0 bridgehead atoms. The number of amides is 1. The van der Waals surface area contributed by atoms with Crippen molar-refractivity contribution in [2.45, 2.75) is 45.4 Å². The third-order valence-corrected chi connectivity index (χ3v) is 4.92. The van der Waals surface area contributed by atoms with Crippen LogP contribution in [0.25, 0.3) is 22.5 Å². The van der Waals surface area contributed by atoms with Gasteiger partial charge in [-0.3, -0.25) is 10.1 Å². The number of H-pyrrole nitrogens is 1. The van der Waals surface area contributed by atoms with Crippen LogP contribution < -0.4 is 14.8 Å². The minimum absolute atomic E-state index is 0.432. The number of benzene rings is 1. The van der Waals surface area contributed by atoms with Gasteiger partial charge in [0.25, 0.3) is 0 Å². The summed E-state index contributed by atoms with van der Waals surface area (Å²) in [5.41, 5.74) is 2.36. The molecular weight excluding hydrogens is 394 g/mol. The molecule has 0 radical (unpaired) electrons. The van der Waals surface area contributed by atoms with E-state index in [1.165, 1.54) is 32.0 Å². The number of hydrogen-bond acceptors (Lipinski definition) is 6. The lowest BCUT2D eigenvalue weighted by atomic mass is 10.0. The molecule has 1 aromatic carbocycles. The summed E-state index contributed by atoms with van der Waals surface area (Å²) in [4.78, 5) is 20.6. The summed E-state index contributed by atoms with van der Waals surface area (Å²) >= 11 is 0. The number of carbonyl (C=O) groups is 1. The van der Waals surface area contributed by atoms with Gasteiger partial charge in [-0.25, -0.2) is 9.78 Å². The molecule has 0 aliphatic carbocycles. The first-order valence-electron chi connectivity index (χ1n) is 10.7. The fraction of sp³-hybridized carbons (Fsp3) is 0.391. The zero-order chi connectivity index (χ0) is 21.9. The van der Waals surface area contributed by atoms with Crippen LogP contribution in [0, 0.1) is 0 Å². The molecule has 3 aromatic rings. The van der Waals surface area contributed by atoms with Crippen molar-refractivity contribution in [3.8, 4) is 34.0 Å². The number of nitrogens with zero attached hydrogens (tertiary/aromatic N) is 3. The molecule has 8 heteroatoms. The molecule has 8 nitrogen and oxygen atoms in total. The van der Waals surface area contributed by atoms with Gasteiger partial charge < -0.3 is 14.8 Å². The van der Waals surface area contributed by atoms with Crippen molar-refractivity contribution in [2.75, 3.05) is 13.7 Å². The maximum Gasteiger partial charge on any atom is 0.412 e. The summed E-state index contributed by atoms with van der Waals surface area (Å²) in [6.07, 6.45) is 11.4. The van der Waals surface area contributed by atoms with Crippen LogP contribution in [0.5, 0.6) is 11.5 Å². The summed E-state index contributed by atoms with van der Waals surface area (Å²) in [6.45, 7) is 2.81. The Labute approximate surface area is 182 Å². The number of unbranched alkanes of at least 4 members (excludes halogenated alkanes) is 5. The van der Waals surface area contributed by atoms with E-state index in [0.29, 0.717) is 23.9 Å². The van der Waals surface area contributed by atoms with Crippen molar-refractivity contribution in [2.24, 2.45) is 0 Å². The first kappa shape index (κ1) is 22.3. The zero-order valence-electron chi connectivity index (χ0n) is 18.1. The van der Waals surface area contributed by atoms with Gasteiger partial charge in [0.15, 0.2) is 5.82 Å². The van der Waals surface area contributed by atoms with Crippen LogP contribution in [0.15, 0.2) is 43.0 Å². The van der Waals surface area contributed by atoms with Gasteiger partial charge in [-0.05, 0) is 30.7 Å². The Morgan fingerprint density at radius 1 is 1.06 bits per heavy atom. The van der Waals surface area contributed by atoms with E-state index in [-0.39, 0.29) is 0 Å². The maximum absolute atomic E-state index is 12.2. The fourth-order valence-corrected chi connectivity index (χ4v) is 3.28. The Morgan fingerprint density at radius 2 is 1.87 bits per heavy atom. The Hall–Kier alpha value is -3.42. The number of pyridine rings is 1. The number of nitrogens with one attached hydrogen (secondary N) is 2. The highest BCUT2D eigenvalue weighted by molar-refractivity contribution is 5.76. The predicted octanol–water partition coefficient (Wildman–Crippen LogP) is 4.99. The highest BCUT2D eigenvalue weighted by Crippen LogP contribution is 2.34. The van der Waals surface area contributed by atoms with Crippen molar-refractivity contribution < 1.29 is 14.3 Å². The van der Waals surface area contributed by atoms with Crippen LogP contribution in [-0.2, 0) is 0 Å². The predicted molar refractivity (Wildman–Crippen MR) is 119 cm³/mol. The van der Waals surface area contributed by atoms with Crippen molar-refractivity contribution in [3.05, 3.63) is 43.0 Å². The van der Waals surface area contributed by atoms with E-state index in [1.54, 1.807) is 37.7 Å². The minimum atomic E-state index is -0.460. The summed E-state index contributed by atoms with van der Waals surface area (Å²) < 4.78 is 11.0. The third kappa shape index (κ3) is 6.53. The monoisotopic (exact) mass is 423 g/mol. The van der Waals surface area contributed by atoms with Gasteiger partial charge in [-0.2, -0.15) is 5.10 Å². The standard InChI is InChI=1S/C23H29N5O3/c1-3-4-5-6-7-8-11-25-23(29)31-19-9-10-21(30-2)20(13-19)17-12-18(15-24-14-17)22-26-16-27-28-22/h9-10,12-16H,3-8,11H2,1-2H3,(H,25,29)(H,26,27,28). The van der Waals surface area contributed by atoms with E-state index in [2.05, 4.69) is 32.4 Å². The summed E-state index contributed by atoms with van der Waals surface area (Å²) in [5.74, 6) is 1.70. The van der Waals surface area contributed by atoms with Crippen LogP contribution in [0.4, 0.5) is 4.79 Å². The second-order valence-electron chi connectivity index (χ2n) is 7.24. The average molecular weight is 424 g/mol. The fourth-order valence-electron chi connectivity index (χ4n) is 3.28. The van der Waals surface area contributed by atoms with E-state index in [4.69, 9.17) is 9.47 Å². The smallest absolute Gasteiger partial charge is 0.412 e. The van der Waals surface area contributed by atoms with Crippen LogP contribution in [0.2, 0.25) is 0 Å². The topological polar surface area (TPSA) is 102 Å². The number of ether oxygens (including phenoxy) is 2. The molecule has 2 aromatic heterocycles. The van der Waals surface area contributed by atoms with Gasteiger partial charge in [0, 0.05) is 35.6 Å². The van der Waals surface area contributed by atoms with Gasteiger partial charge in [0.1, 0.15) is 17.8 Å². The molecule has 0 aliphatic rings. The van der Waals surface area contributed by atoms with E-state index in [1.807, 2.05) is 6.07 Å². The SMILES string of the molecule is CCCCCCCCNC(=O)Oc1ccc(OC)c(-c2cncc(-c3ncn[nH]3)c2)c1. The molecule has 164 valence electrons. The van der Waals surface area contributed by atoms with Gasteiger partial charge in [-0.15, -0.1) is 0 Å². The second-order valence-corrected chi connectivity index (χ2v) is 7.24. The molecule has 2 heterocycles. The normalized spacial score (nSPS) is 10.6. The zero-order valence-corrected chi connectivity index (χ0v) is 18.1. The first-order chi connectivity index (χ1) is 15.2. The van der Waals surface area contributed by atoms with E-state index in [9.17, 15) is 4.79 Å². The molecule has 0 aliphatic heterocycles. The van der Waals surface area contributed by atoms with Crippen LogP contribution in [-0.4, -0.2) is 39.9 Å². The lowest BCUT2D eigenvalue weighted by Crippen LogP contribution is -2.27. The van der Waals surface area contributed by atoms with Crippen LogP contribution in [0.3, 0.4) is 0 Å². The number of hydrogen-bond donors (Lipinski definition) is 2. The van der Waals surface area contributed by atoms with Crippen molar-refractivity contribution in [3.63, 3.8) is 0 Å². The molecule has 3 rings (SSSR count). The Morgan fingerprint density at radius 3 is 2.65 bits per heavy atom. The number of methoxy groups -OCH3 is 1. The molecule has 2 N–H and O–H groups in total. The summed E-state index contributed by atoms with van der Waals surface area (Å²) in [6, 6.07) is 7.17. The molecule has 1 amide bonds. The largest absolute Gasteiger partial charge is 0.496 e. The average Bonchev–Trinajstić information content (AvgIpc) is 3.34. The van der Waals surface area contributed by atoms with Crippen molar-refractivity contribution in [1.29, 1.82) is 0 Å². The molecule has 31 heavy (non-hydrogen) atoms. The molecule has 0 saturated carbocycles. The molecule has 0 fully saturated rings. The highest BCUT2D eigenvalue weighted by Gasteiger charge is 2.12. The highest BCUT2D eigenvalue weighted by atomic mass is 16.6. The molecule has 0 spiro atoms. The van der Waals surface area contributed by atoms with Crippen molar-refractivity contribution in [1.82, 2.24) is 25.5 Å². The lowest BCUT2D eigenvalue weighted by molar-refractivity contribution is 0.200. The Bertz CT molecular complexity index is 960. The molecule has 0 unspecified atom stereocenters.